The maximum atomic E-state index is 12.9. The van der Waals surface area contributed by atoms with Gasteiger partial charge in [-0.25, -0.2) is 0 Å². The van der Waals surface area contributed by atoms with E-state index in [2.05, 4.69) is 118 Å². The van der Waals surface area contributed by atoms with Gasteiger partial charge in [-0.1, -0.05) is 234 Å². The van der Waals surface area contributed by atoms with Gasteiger partial charge in [0.2, 0.25) is 0 Å². The minimum absolute atomic E-state index is 0.112. The summed E-state index contributed by atoms with van der Waals surface area (Å²) in [5.74, 6) is -0.993. The van der Waals surface area contributed by atoms with Crippen LogP contribution in [-0.4, -0.2) is 37.2 Å². The third-order valence-electron chi connectivity index (χ3n) is 12.5. The zero-order chi connectivity index (χ0) is 51.4. The predicted molar refractivity (Wildman–Crippen MR) is 307 cm³/mol. The van der Waals surface area contributed by atoms with Crippen LogP contribution in [0.1, 0.15) is 278 Å². The van der Waals surface area contributed by atoms with Crippen LogP contribution in [-0.2, 0) is 28.6 Å². The lowest BCUT2D eigenvalue weighted by Gasteiger charge is -2.18. The van der Waals surface area contributed by atoms with Crippen LogP contribution in [0.25, 0.3) is 0 Å². The lowest BCUT2D eigenvalue weighted by molar-refractivity contribution is -0.167. The molecule has 0 heterocycles. The normalized spacial score (nSPS) is 12.8. The highest BCUT2D eigenvalue weighted by Gasteiger charge is 2.19. The van der Waals surface area contributed by atoms with Gasteiger partial charge < -0.3 is 14.2 Å². The minimum Gasteiger partial charge on any atom is -0.462 e. The topological polar surface area (TPSA) is 78.9 Å². The molecule has 6 heteroatoms. The predicted octanol–water partition coefficient (Wildman–Crippen LogP) is 20.1. The Labute approximate surface area is 438 Å². The molecule has 0 aromatic rings. The fraction of sp³-hybridized carbons (Fsp3) is 0.708. The second kappa shape index (κ2) is 58.9. The number of rotatable bonds is 53. The van der Waals surface area contributed by atoms with Gasteiger partial charge in [-0.15, -0.1) is 0 Å². The summed E-state index contributed by atoms with van der Waals surface area (Å²) in [6.45, 7) is 6.54. The maximum absolute atomic E-state index is 12.9. The first kappa shape index (κ1) is 67.3. The van der Waals surface area contributed by atoms with E-state index >= 15 is 0 Å². The number of hydrogen-bond acceptors (Lipinski definition) is 6. The third-order valence-corrected chi connectivity index (χ3v) is 12.5. The van der Waals surface area contributed by atoms with Crippen LogP contribution < -0.4 is 0 Å². The highest BCUT2D eigenvalue weighted by atomic mass is 16.6. The molecule has 0 radical (unpaired) electrons. The van der Waals surface area contributed by atoms with Gasteiger partial charge >= 0.3 is 17.9 Å². The molecule has 0 aromatic heterocycles. The van der Waals surface area contributed by atoms with Crippen molar-refractivity contribution in [1.82, 2.24) is 0 Å². The smallest absolute Gasteiger partial charge is 0.306 e. The molecule has 0 aromatic carbocycles. The largest absolute Gasteiger partial charge is 0.462 e. The summed E-state index contributed by atoms with van der Waals surface area (Å²) in [5.41, 5.74) is 0. The number of ether oxygens (including phenoxy) is 3. The fourth-order valence-electron chi connectivity index (χ4n) is 8.02. The average Bonchev–Trinajstić information content (AvgIpc) is 3.37. The molecule has 0 N–H and O–H groups in total. The van der Waals surface area contributed by atoms with Gasteiger partial charge in [0, 0.05) is 19.3 Å². The lowest BCUT2D eigenvalue weighted by Crippen LogP contribution is -2.30. The number of carbonyl (C=O) groups is 3. The third kappa shape index (κ3) is 57.1. The van der Waals surface area contributed by atoms with Crippen molar-refractivity contribution in [2.45, 2.75) is 284 Å². The molecule has 0 spiro atoms. The van der Waals surface area contributed by atoms with E-state index in [-0.39, 0.29) is 37.5 Å². The first-order valence-electron chi connectivity index (χ1n) is 29.7. The fourth-order valence-corrected chi connectivity index (χ4v) is 8.02. The molecule has 0 aliphatic rings. The molecule has 0 fully saturated rings. The van der Waals surface area contributed by atoms with Gasteiger partial charge in [0.15, 0.2) is 6.10 Å². The van der Waals surface area contributed by atoms with Crippen LogP contribution in [0.2, 0.25) is 0 Å². The summed E-state index contributed by atoms with van der Waals surface area (Å²) in [6, 6.07) is 0. The Morgan fingerprint density at radius 3 is 0.901 bits per heavy atom. The van der Waals surface area contributed by atoms with Crippen LogP contribution in [0, 0.1) is 0 Å². The van der Waals surface area contributed by atoms with E-state index < -0.39 is 6.10 Å². The highest BCUT2D eigenvalue weighted by molar-refractivity contribution is 5.71. The summed E-state index contributed by atoms with van der Waals surface area (Å²) >= 11 is 0. The molecule has 0 aliphatic carbocycles. The second-order valence-electron chi connectivity index (χ2n) is 19.5. The van der Waals surface area contributed by atoms with E-state index in [9.17, 15) is 14.4 Å². The summed E-state index contributed by atoms with van der Waals surface area (Å²) in [5, 5.41) is 0. The number of allylic oxidation sites excluding steroid dienone is 16. The van der Waals surface area contributed by atoms with Gasteiger partial charge in [-0.3, -0.25) is 14.4 Å². The van der Waals surface area contributed by atoms with Crippen molar-refractivity contribution in [2.24, 2.45) is 0 Å². The molecule has 71 heavy (non-hydrogen) atoms. The van der Waals surface area contributed by atoms with Crippen LogP contribution >= 0.6 is 0 Å². The molecule has 0 amide bonds. The molecular weight excluding hydrogens is 877 g/mol. The van der Waals surface area contributed by atoms with E-state index in [1.54, 1.807) is 0 Å². The van der Waals surface area contributed by atoms with Crippen LogP contribution in [0.5, 0.6) is 0 Å². The lowest BCUT2D eigenvalue weighted by atomic mass is 10.1. The van der Waals surface area contributed by atoms with Crippen LogP contribution in [0.15, 0.2) is 97.2 Å². The van der Waals surface area contributed by atoms with Crippen molar-refractivity contribution in [3.63, 3.8) is 0 Å². The molecular formula is C65H110O6. The molecule has 0 unspecified atom stereocenters. The quantitative estimate of drug-likeness (QED) is 0.0261. The highest BCUT2D eigenvalue weighted by Crippen LogP contribution is 2.14. The number of esters is 3. The monoisotopic (exact) mass is 987 g/mol. The molecule has 0 aliphatic heterocycles. The number of unbranched alkanes of at least 4 members (excludes halogenated alkanes) is 26. The minimum atomic E-state index is -0.815. The molecule has 0 saturated carbocycles. The van der Waals surface area contributed by atoms with Gasteiger partial charge in [-0.05, 0) is 122 Å². The number of carbonyl (C=O) groups excluding carboxylic acids is 3. The summed E-state index contributed by atoms with van der Waals surface area (Å²) < 4.78 is 16.8. The molecule has 0 bridgehead atoms. The molecule has 6 nitrogen and oxygen atoms in total. The molecule has 1 atom stereocenters. The van der Waals surface area contributed by atoms with E-state index in [1.165, 1.54) is 148 Å². The first-order valence-corrected chi connectivity index (χ1v) is 29.7. The van der Waals surface area contributed by atoms with E-state index in [4.69, 9.17) is 14.2 Å². The van der Waals surface area contributed by atoms with Gasteiger partial charge in [0.25, 0.3) is 0 Å². The zero-order valence-electron chi connectivity index (χ0n) is 46.5. The van der Waals surface area contributed by atoms with Crippen molar-refractivity contribution in [3.05, 3.63) is 97.2 Å². The van der Waals surface area contributed by atoms with Crippen molar-refractivity contribution >= 4 is 17.9 Å². The van der Waals surface area contributed by atoms with E-state index in [0.29, 0.717) is 19.3 Å². The zero-order valence-corrected chi connectivity index (χ0v) is 46.5. The summed E-state index contributed by atoms with van der Waals surface area (Å²) in [4.78, 5) is 38.2. The van der Waals surface area contributed by atoms with Crippen molar-refractivity contribution in [3.8, 4) is 0 Å². The SMILES string of the molecule is CCCCC/C=C\C/C=C\C/C=C\C/C=C\CCCCCC(=O)OC[C@H](COC(=O)CCC/C=C\C/C=C\C/C=C\CCCCCCCC)OC(=O)CCCCCCCCC/C=C\CCCCCCCC. The first-order chi connectivity index (χ1) is 35.0. The van der Waals surface area contributed by atoms with Gasteiger partial charge in [0.1, 0.15) is 13.2 Å². The van der Waals surface area contributed by atoms with E-state index in [0.717, 1.165) is 83.5 Å². The summed E-state index contributed by atoms with van der Waals surface area (Å²) in [6.07, 6.45) is 78.3. The Hall–Kier alpha value is -3.67. The van der Waals surface area contributed by atoms with Crippen LogP contribution in [0.4, 0.5) is 0 Å². The molecule has 0 rings (SSSR count). The standard InChI is InChI=1S/C65H110O6/c1-4-7-10-13-16-19-22-25-28-31-32-35-37-40-43-46-49-52-55-58-64(67)70-61-62(71-65(68)59-56-53-50-47-44-41-38-34-30-27-24-21-18-15-12-9-6-3)60-69-63(66)57-54-51-48-45-42-39-36-33-29-26-23-20-17-14-11-8-5-2/h16,19,25-30,32,35-36,39-40,43,45,48,62H,4-15,17-18,20-24,31,33-34,37-38,41-42,44,46-47,49-61H2,1-3H3/b19-16-,28-25-,29-26-,30-27-,35-32-,39-36-,43-40-,48-45-/t62-/m0/s1. The van der Waals surface area contributed by atoms with E-state index in [1.807, 2.05) is 0 Å². The van der Waals surface area contributed by atoms with Crippen LogP contribution in [0.3, 0.4) is 0 Å². The average molecular weight is 988 g/mol. The number of hydrogen-bond donors (Lipinski definition) is 0. The van der Waals surface area contributed by atoms with Crippen molar-refractivity contribution < 1.29 is 28.6 Å². The Morgan fingerprint density at radius 1 is 0.282 bits per heavy atom. The Bertz CT molecular complexity index is 1410. The van der Waals surface area contributed by atoms with Gasteiger partial charge in [-0.2, -0.15) is 0 Å². The molecule has 406 valence electrons. The Balaban J connectivity index is 4.52. The summed E-state index contributed by atoms with van der Waals surface area (Å²) in [7, 11) is 0. The second-order valence-corrected chi connectivity index (χ2v) is 19.5. The van der Waals surface area contributed by atoms with Crippen molar-refractivity contribution in [2.75, 3.05) is 13.2 Å². The maximum Gasteiger partial charge on any atom is 0.306 e. The molecule has 0 saturated heterocycles. The van der Waals surface area contributed by atoms with Gasteiger partial charge in [0.05, 0.1) is 0 Å². The van der Waals surface area contributed by atoms with Crippen molar-refractivity contribution in [1.29, 1.82) is 0 Å². The Kier molecular flexibility index (Phi) is 55.9. The Morgan fingerprint density at radius 2 is 0.521 bits per heavy atom.